The molecule has 1 aliphatic heterocycles. The molecule has 5 nitrogen and oxygen atoms in total. The lowest BCUT2D eigenvalue weighted by atomic mass is 10.2. The van der Waals surface area contributed by atoms with Crippen molar-refractivity contribution in [2.24, 2.45) is 0 Å². The predicted octanol–water partition coefficient (Wildman–Crippen LogP) is 2.65. The maximum atomic E-state index is 13.1. The maximum Gasteiger partial charge on any atom is 0.250 e. The molecule has 8 heteroatoms. The van der Waals surface area contributed by atoms with Crippen LogP contribution in [0.3, 0.4) is 0 Å². The van der Waals surface area contributed by atoms with E-state index in [1.54, 1.807) is 0 Å². The van der Waals surface area contributed by atoms with Crippen LogP contribution in [0.5, 0.6) is 0 Å². The zero-order valence-corrected chi connectivity index (χ0v) is 15.6. The number of rotatable bonds is 2. The van der Waals surface area contributed by atoms with Crippen molar-refractivity contribution >= 4 is 57.0 Å². The topological polar surface area (TPSA) is 95.6 Å². The molecule has 0 aromatic carbocycles. The van der Waals surface area contributed by atoms with E-state index >= 15 is 0 Å². The number of thiophene rings is 2. The normalized spacial score (nSPS) is 17.0. The number of thioether (sulfide) groups is 1. The van der Waals surface area contributed by atoms with Crippen molar-refractivity contribution in [3.05, 3.63) is 61.0 Å². The SMILES string of the molecule is N#CC1=c2c(=Cc3ccsc3)c(N)c(C#N)n2C(=O)C(c2ccsc2)S1. The Morgan fingerprint density at radius 1 is 1.15 bits per heavy atom. The average molecular weight is 395 g/mol. The van der Waals surface area contributed by atoms with Gasteiger partial charge in [-0.05, 0) is 50.9 Å². The van der Waals surface area contributed by atoms with Gasteiger partial charge in [0.15, 0.2) is 5.69 Å². The van der Waals surface area contributed by atoms with E-state index < -0.39 is 5.25 Å². The number of nitrogens with zero attached hydrogens (tertiary/aromatic N) is 3. The number of nitrogens with two attached hydrogens (primary N) is 1. The minimum atomic E-state index is -0.559. The Morgan fingerprint density at radius 3 is 2.54 bits per heavy atom. The van der Waals surface area contributed by atoms with Crippen molar-refractivity contribution in [2.45, 2.75) is 5.25 Å². The van der Waals surface area contributed by atoms with Crippen LogP contribution >= 0.6 is 34.4 Å². The lowest BCUT2D eigenvalue weighted by molar-refractivity contribution is 0.0905. The molecule has 0 amide bonds. The summed E-state index contributed by atoms with van der Waals surface area (Å²) in [4.78, 5) is 13.5. The highest BCUT2D eigenvalue weighted by molar-refractivity contribution is 8.09. The third kappa shape index (κ3) is 2.47. The molecule has 4 heterocycles. The second-order valence-electron chi connectivity index (χ2n) is 5.51. The molecule has 0 radical (unpaired) electrons. The van der Waals surface area contributed by atoms with Crippen LogP contribution in [0.1, 0.15) is 26.9 Å². The van der Waals surface area contributed by atoms with Crippen molar-refractivity contribution in [1.29, 1.82) is 10.5 Å². The van der Waals surface area contributed by atoms with Crippen LogP contribution in [-0.4, -0.2) is 10.5 Å². The highest BCUT2D eigenvalue weighted by atomic mass is 32.2. The van der Waals surface area contributed by atoms with Gasteiger partial charge in [0.05, 0.1) is 11.0 Å². The Kier molecular flexibility index (Phi) is 4.17. The second-order valence-corrected chi connectivity index (χ2v) is 8.18. The highest BCUT2D eigenvalue weighted by Gasteiger charge is 2.34. The van der Waals surface area contributed by atoms with Gasteiger partial charge in [-0.15, -0.1) is 0 Å². The standard InChI is InChI=1S/C18H10N4OS3/c19-6-13-15(21)12(5-10-1-3-24-8-10)16-14(7-20)26-17(18(23)22(13)16)11-2-4-25-9-11/h1-5,8-9,17H,21H2. The van der Waals surface area contributed by atoms with Crippen molar-refractivity contribution in [1.82, 2.24) is 4.57 Å². The summed E-state index contributed by atoms with van der Waals surface area (Å²) in [5.41, 5.74) is 8.24. The lowest BCUT2D eigenvalue weighted by Crippen LogP contribution is -2.40. The second kappa shape index (κ2) is 6.50. The third-order valence-corrected chi connectivity index (χ3v) is 6.68. The molecule has 1 aliphatic rings. The largest absolute Gasteiger partial charge is 0.396 e. The highest BCUT2D eigenvalue weighted by Crippen LogP contribution is 2.39. The van der Waals surface area contributed by atoms with Crippen molar-refractivity contribution in [2.75, 3.05) is 5.73 Å². The Bertz CT molecular complexity index is 1210. The van der Waals surface area contributed by atoms with Gasteiger partial charge in [-0.1, -0.05) is 11.8 Å². The minimum Gasteiger partial charge on any atom is -0.396 e. The first kappa shape index (κ1) is 16.7. The van der Waals surface area contributed by atoms with Gasteiger partial charge in [0.1, 0.15) is 22.3 Å². The summed E-state index contributed by atoms with van der Waals surface area (Å²) in [7, 11) is 0. The van der Waals surface area contributed by atoms with Gasteiger partial charge < -0.3 is 5.73 Å². The summed E-state index contributed by atoms with van der Waals surface area (Å²) in [6.45, 7) is 0. The molecular weight excluding hydrogens is 384 g/mol. The predicted molar refractivity (Wildman–Crippen MR) is 105 cm³/mol. The van der Waals surface area contributed by atoms with E-state index in [1.165, 1.54) is 39.0 Å². The molecule has 4 rings (SSSR count). The van der Waals surface area contributed by atoms with E-state index in [0.717, 1.165) is 11.1 Å². The summed E-state index contributed by atoms with van der Waals surface area (Å²) in [5, 5.41) is 27.3. The number of nitrogen functional groups attached to an aromatic ring is 1. The Morgan fingerprint density at radius 2 is 1.92 bits per heavy atom. The van der Waals surface area contributed by atoms with Crippen LogP contribution in [0.25, 0.3) is 11.0 Å². The van der Waals surface area contributed by atoms with Gasteiger partial charge in [-0.2, -0.15) is 33.2 Å². The van der Waals surface area contributed by atoms with Gasteiger partial charge in [0.25, 0.3) is 0 Å². The maximum absolute atomic E-state index is 13.1. The first-order chi connectivity index (χ1) is 12.7. The molecule has 0 bridgehead atoms. The number of hydrogen-bond donors (Lipinski definition) is 1. The molecule has 26 heavy (non-hydrogen) atoms. The number of carbonyl (C=O) groups is 1. The fraction of sp³-hybridized carbons (Fsp3) is 0.0556. The third-order valence-electron chi connectivity index (χ3n) is 4.05. The summed E-state index contributed by atoms with van der Waals surface area (Å²) < 4.78 is 1.31. The summed E-state index contributed by atoms with van der Waals surface area (Å²) in [6, 6.07) is 7.99. The van der Waals surface area contributed by atoms with Crippen LogP contribution < -0.4 is 16.3 Å². The van der Waals surface area contributed by atoms with E-state index in [9.17, 15) is 15.3 Å². The molecule has 3 aromatic heterocycles. The molecule has 126 valence electrons. The number of fused-ring (bicyclic) bond motifs is 1. The Balaban J connectivity index is 2.08. The molecule has 0 fully saturated rings. The van der Waals surface area contributed by atoms with E-state index in [0.29, 0.717) is 15.5 Å². The first-order valence-electron chi connectivity index (χ1n) is 7.47. The zero-order chi connectivity index (χ0) is 18.3. The molecule has 3 aromatic rings. The van der Waals surface area contributed by atoms with Gasteiger partial charge in [0, 0.05) is 5.22 Å². The Hall–Kier alpha value is -2.78. The summed E-state index contributed by atoms with van der Waals surface area (Å²) in [6.07, 6.45) is 1.81. The van der Waals surface area contributed by atoms with Gasteiger partial charge >= 0.3 is 0 Å². The fourth-order valence-electron chi connectivity index (χ4n) is 2.89. The van der Waals surface area contributed by atoms with Gasteiger partial charge in [-0.3, -0.25) is 9.36 Å². The molecule has 0 saturated carbocycles. The van der Waals surface area contributed by atoms with Crippen molar-refractivity contribution in [3.8, 4) is 12.1 Å². The number of nitriles is 2. The van der Waals surface area contributed by atoms with Gasteiger partial charge in [-0.25, -0.2) is 0 Å². The van der Waals surface area contributed by atoms with E-state index in [4.69, 9.17) is 5.73 Å². The number of anilines is 1. The number of carbonyl (C=O) groups excluding carboxylic acids is 1. The summed E-state index contributed by atoms with van der Waals surface area (Å²) >= 11 is 4.23. The molecule has 1 atom stereocenters. The smallest absolute Gasteiger partial charge is 0.250 e. The molecule has 0 saturated heterocycles. The molecule has 0 aliphatic carbocycles. The van der Waals surface area contributed by atoms with E-state index in [1.807, 2.05) is 45.8 Å². The lowest BCUT2D eigenvalue weighted by Gasteiger charge is -2.20. The fourth-order valence-corrected chi connectivity index (χ4v) is 5.37. The quantitative estimate of drug-likeness (QED) is 0.721. The number of aromatic nitrogens is 1. The van der Waals surface area contributed by atoms with Crippen LogP contribution in [0, 0.1) is 22.7 Å². The van der Waals surface area contributed by atoms with Crippen molar-refractivity contribution < 1.29 is 4.79 Å². The van der Waals surface area contributed by atoms with Crippen molar-refractivity contribution in [3.63, 3.8) is 0 Å². The molecule has 2 N–H and O–H groups in total. The van der Waals surface area contributed by atoms with E-state index in [2.05, 4.69) is 6.07 Å². The Labute approximate surface area is 160 Å². The summed E-state index contributed by atoms with van der Waals surface area (Å²) in [5.74, 6) is -0.254. The van der Waals surface area contributed by atoms with Crippen LogP contribution in [0.2, 0.25) is 0 Å². The van der Waals surface area contributed by atoms with Crippen LogP contribution in [0.4, 0.5) is 5.69 Å². The van der Waals surface area contributed by atoms with Crippen LogP contribution in [-0.2, 0) is 0 Å². The molecular formula is C18H10N4OS3. The zero-order valence-electron chi connectivity index (χ0n) is 13.2. The van der Waals surface area contributed by atoms with Crippen LogP contribution in [0.15, 0.2) is 33.7 Å². The van der Waals surface area contributed by atoms with Gasteiger partial charge in [0.2, 0.25) is 5.91 Å². The van der Waals surface area contributed by atoms with E-state index in [-0.39, 0.29) is 17.3 Å². The molecule has 1 unspecified atom stereocenters. The average Bonchev–Trinajstić information content (AvgIpc) is 3.38. The monoisotopic (exact) mass is 394 g/mol. The first-order valence-corrected chi connectivity index (χ1v) is 10.2. The number of hydrogen-bond acceptors (Lipinski definition) is 7. The minimum absolute atomic E-state index is 0.0831. The molecule has 0 spiro atoms.